The Labute approximate surface area is 94.6 Å². The SMILES string of the molecule is COC1(c2noc(C3CCCN3)n2)CCC1. The Balaban J connectivity index is 1.81. The molecule has 1 aliphatic carbocycles. The Morgan fingerprint density at radius 1 is 1.44 bits per heavy atom. The van der Waals surface area contributed by atoms with E-state index in [4.69, 9.17) is 9.26 Å². The molecule has 0 radical (unpaired) electrons. The van der Waals surface area contributed by atoms with Gasteiger partial charge in [0.1, 0.15) is 5.60 Å². The summed E-state index contributed by atoms with van der Waals surface area (Å²) >= 11 is 0. The molecule has 5 heteroatoms. The fourth-order valence-corrected chi connectivity index (χ4v) is 2.47. The molecule has 2 fully saturated rings. The van der Waals surface area contributed by atoms with Crippen LogP contribution in [0.3, 0.4) is 0 Å². The lowest BCUT2D eigenvalue weighted by molar-refractivity contribution is -0.0858. The van der Waals surface area contributed by atoms with Gasteiger partial charge in [-0.2, -0.15) is 4.98 Å². The van der Waals surface area contributed by atoms with E-state index in [9.17, 15) is 0 Å². The first kappa shape index (κ1) is 10.2. The minimum Gasteiger partial charge on any atom is -0.370 e. The number of aromatic nitrogens is 2. The molecule has 88 valence electrons. The van der Waals surface area contributed by atoms with Crippen molar-refractivity contribution in [1.29, 1.82) is 0 Å². The molecule has 0 aromatic carbocycles. The first-order valence-corrected chi connectivity index (χ1v) is 5.97. The van der Waals surface area contributed by atoms with Crippen molar-refractivity contribution in [1.82, 2.24) is 15.5 Å². The average Bonchev–Trinajstić information content (AvgIpc) is 2.86. The second kappa shape index (κ2) is 3.82. The number of hydrogen-bond acceptors (Lipinski definition) is 5. The van der Waals surface area contributed by atoms with Crippen molar-refractivity contribution in [2.24, 2.45) is 0 Å². The van der Waals surface area contributed by atoms with Crippen LogP contribution in [0.5, 0.6) is 0 Å². The van der Waals surface area contributed by atoms with Gasteiger partial charge in [0.15, 0.2) is 0 Å². The van der Waals surface area contributed by atoms with E-state index in [1.54, 1.807) is 7.11 Å². The van der Waals surface area contributed by atoms with Crippen LogP contribution in [0.15, 0.2) is 4.52 Å². The third-order valence-electron chi connectivity index (χ3n) is 3.76. The molecule has 1 aliphatic heterocycles. The smallest absolute Gasteiger partial charge is 0.243 e. The van der Waals surface area contributed by atoms with Crippen molar-refractivity contribution >= 4 is 0 Å². The van der Waals surface area contributed by atoms with Crippen LogP contribution in [0, 0.1) is 0 Å². The lowest BCUT2D eigenvalue weighted by Crippen LogP contribution is -2.37. The lowest BCUT2D eigenvalue weighted by atomic mass is 9.79. The predicted octanol–water partition coefficient (Wildman–Crippen LogP) is 1.52. The zero-order chi connectivity index (χ0) is 11.0. The van der Waals surface area contributed by atoms with Crippen LogP contribution in [0.1, 0.15) is 49.9 Å². The number of nitrogens with one attached hydrogen (secondary N) is 1. The first-order chi connectivity index (χ1) is 7.84. The highest BCUT2D eigenvalue weighted by molar-refractivity contribution is 5.08. The summed E-state index contributed by atoms with van der Waals surface area (Å²) in [5.74, 6) is 1.45. The largest absolute Gasteiger partial charge is 0.370 e. The Kier molecular flexibility index (Phi) is 2.44. The molecule has 1 N–H and O–H groups in total. The van der Waals surface area contributed by atoms with Crippen molar-refractivity contribution < 1.29 is 9.26 Å². The molecule has 1 atom stereocenters. The van der Waals surface area contributed by atoms with Gasteiger partial charge in [0.05, 0.1) is 6.04 Å². The molecule has 3 rings (SSSR count). The summed E-state index contributed by atoms with van der Waals surface area (Å²) in [6.07, 6.45) is 5.44. The highest BCUT2D eigenvalue weighted by Crippen LogP contribution is 2.43. The molecule has 1 unspecified atom stereocenters. The number of methoxy groups -OCH3 is 1. The normalized spacial score (nSPS) is 27.9. The predicted molar refractivity (Wildman–Crippen MR) is 56.8 cm³/mol. The summed E-state index contributed by atoms with van der Waals surface area (Å²) in [5, 5.41) is 7.43. The minimum atomic E-state index is -0.264. The van der Waals surface area contributed by atoms with Crippen LogP contribution in [0.25, 0.3) is 0 Å². The molecular formula is C11H17N3O2. The maximum Gasteiger partial charge on any atom is 0.243 e. The molecular weight excluding hydrogens is 206 g/mol. The van der Waals surface area contributed by atoms with E-state index in [2.05, 4.69) is 15.5 Å². The van der Waals surface area contributed by atoms with E-state index in [0.717, 1.165) is 37.5 Å². The third-order valence-corrected chi connectivity index (χ3v) is 3.76. The Morgan fingerprint density at radius 3 is 2.88 bits per heavy atom. The fourth-order valence-electron chi connectivity index (χ4n) is 2.47. The standard InChI is InChI=1S/C11H17N3O2/c1-15-11(5-3-6-11)10-13-9(16-14-10)8-4-2-7-12-8/h8,12H,2-7H2,1H3. The lowest BCUT2D eigenvalue weighted by Gasteiger charge is -2.37. The van der Waals surface area contributed by atoms with Gasteiger partial charge in [0.25, 0.3) is 0 Å². The Hall–Kier alpha value is -0.940. The molecule has 1 saturated heterocycles. The highest BCUT2D eigenvalue weighted by atomic mass is 16.5. The average molecular weight is 223 g/mol. The van der Waals surface area contributed by atoms with E-state index in [1.807, 2.05) is 0 Å². The number of ether oxygens (including phenoxy) is 1. The van der Waals surface area contributed by atoms with Gasteiger partial charge in [-0.1, -0.05) is 5.16 Å². The zero-order valence-corrected chi connectivity index (χ0v) is 9.53. The molecule has 0 amide bonds. The molecule has 1 aromatic rings. The van der Waals surface area contributed by atoms with Gasteiger partial charge >= 0.3 is 0 Å². The van der Waals surface area contributed by atoms with Gasteiger partial charge < -0.3 is 14.6 Å². The fraction of sp³-hybridized carbons (Fsp3) is 0.818. The Morgan fingerprint density at radius 2 is 2.31 bits per heavy atom. The van der Waals surface area contributed by atoms with Gasteiger partial charge in [0, 0.05) is 7.11 Å². The van der Waals surface area contributed by atoms with Crippen molar-refractivity contribution in [3.8, 4) is 0 Å². The van der Waals surface area contributed by atoms with Gasteiger partial charge in [-0.25, -0.2) is 0 Å². The zero-order valence-electron chi connectivity index (χ0n) is 9.53. The van der Waals surface area contributed by atoms with Crippen molar-refractivity contribution in [3.63, 3.8) is 0 Å². The molecule has 0 spiro atoms. The summed E-state index contributed by atoms with van der Waals surface area (Å²) in [5.41, 5.74) is -0.264. The second-order valence-electron chi connectivity index (χ2n) is 4.66. The maximum atomic E-state index is 5.53. The van der Waals surface area contributed by atoms with Gasteiger partial charge in [0.2, 0.25) is 11.7 Å². The molecule has 0 bridgehead atoms. The van der Waals surface area contributed by atoms with E-state index in [0.29, 0.717) is 0 Å². The monoisotopic (exact) mass is 223 g/mol. The molecule has 1 saturated carbocycles. The molecule has 5 nitrogen and oxygen atoms in total. The molecule has 2 heterocycles. The van der Waals surface area contributed by atoms with E-state index < -0.39 is 0 Å². The summed E-state index contributed by atoms with van der Waals surface area (Å²) < 4.78 is 10.9. The Bertz CT molecular complexity index is 362. The summed E-state index contributed by atoms with van der Waals surface area (Å²) in [7, 11) is 1.73. The minimum absolute atomic E-state index is 0.246. The van der Waals surface area contributed by atoms with Gasteiger partial charge in [-0.3, -0.25) is 0 Å². The van der Waals surface area contributed by atoms with Crippen molar-refractivity contribution in [3.05, 3.63) is 11.7 Å². The van der Waals surface area contributed by atoms with Gasteiger partial charge in [-0.15, -0.1) is 0 Å². The summed E-state index contributed by atoms with van der Waals surface area (Å²) in [4.78, 5) is 4.49. The number of nitrogens with zero attached hydrogens (tertiary/aromatic N) is 2. The first-order valence-electron chi connectivity index (χ1n) is 5.97. The molecule has 2 aliphatic rings. The quantitative estimate of drug-likeness (QED) is 0.841. The van der Waals surface area contributed by atoms with Crippen LogP contribution in [-0.4, -0.2) is 23.8 Å². The molecule has 16 heavy (non-hydrogen) atoms. The number of rotatable bonds is 3. The number of hydrogen-bond donors (Lipinski definition) is 1. The van der Waals surface area contributed by atoms with Crippen molar-refractivity contribution in [2.75, 3.05) is 13.7 Å². The van der Waals surface area contributed by atoms with E-state index in [-0.39, 0.29) is 11.6 Å². The van der Waals surface area contributed by atoms with Crippen LogP contribution in [0.4, 0.5) is 0 Å². The van der Waals surface area contributed by atoms with Crippen molar-refractivity contribution in [2.45, 2.75) is 43.7 Å². The van der Waals surface area contributed by atoms with Crippen LogP contribution < -0.4 is 5.32 Å². The van der Waals surface area contributed by atoms with Gasteiger partial charge in [-0.05, 0) is 38.6 Å². The third kappa shape index (κ3) is 1.46. The van der Waals surface area contributed by atoms with E-state index in [1.165, 1.54) is 12.8 Å². The van der Waals surface area contributed by atoms with Crippen LogP contribution in [0.2, 0.25) is 0 Å². The summed E-state index contributed by atoms with van der Waals surface area (Å²) in [6.45, 7) is 1.04. The molecule has 1 aromatic heterocycles. The maximum absolute atomic E-state index is 5.53. The highest BCUT2D eigenvalue weighted by Gasteiger charge is 2.43. The van der Waals surface area contributed by atoms with Crippen LogP contribution in [-0.2, 0) is 10.3 Å². The second-order valence-corrected chi connectivity index (χ2v) is 4.66. The summed E-state index contributed by atoms with van der Waals surface area (Å²) in [6, 6.07) is 0.246. The van der Waals surface area contributed by atoms with E-state index >= 15 is 0 Å². The topological polar surface area (TPSA) is 60.2 Å². The van der Waals surface area contributed by atoms with Crippen LogP contribution >= 0.6 is 0 Å².